The van der Waals surface area contributed by atoms with E-state index in [0.29, 0.717) is 18.2 Å². The van der Waals surface area contributed by atoms with E-state index in [-0.39, 0.29) is 18.6 Å². The van der Waals surface area contributed by atoms with Gasteiger partial charge >= 0.3 is 5.97 Å². The second-order valence-corrected chi connectivity index (χ2v) is 5.62. The highest BCUT2D eigenvalue weighted by atomic mass is 16.5. The zero-order valence-corrected chi connectivity index (χ0v) is 12.4. The van der Waals surface area contributed by atoms with E-state index in [9.17, 15) is 9.59 Å². The van der Waals surface area contributed by atoms with Crippen LogP contribution in [0.4, 0.5) is 0 Å². The Balaban J connectivity index is 2.13. The predicted octanol–water partition coefficient (Wildman–Crippen LogP) is 1.52. The molecular weight excluding hydrogens is 272 g/mol. The maximum absolute atomic E-state index is 12.4. The van der Waals surface area contributed by atoms with Crippen molar-refractivity contribution in [3.63, 3.8) is 0 Å². The predicted molar refractivity (Wildman–Crippen MR) is 76.2 cm³/mol. The summed E-state index contributed by atoms with van der Waals surface area (Å²) in [5, 5.41) is 9.05. The van der Waals surface area contributed by atoms with Crippen molar-refractivity contribution in [2.75, 3.05) is 13.1 Å². The minimum Gasteiger partial charge on any atom is -0.479 e. The Morgan fingerprint density at radius 2 is 2.10 bits per heavy atom. The number of aliphatic carboxylic acids is 1. The van der Waals surface area contributed by atoms with Gasteiger partial charge in [-0.1, -0.05) is 19.9 Å². The lowest BCUT2D eigenvalue weighted by Crippen LogP contribution is -2.51. The molecule has 0 aliphatic carbocycles. The normalized spacial score (nSPS) is 22.4. The van der Waals surface area contributed by atoms with Crippen LogP contribution in [0.3, 0.4) is 0 Å². The molecule has 1 aliphatic rings. The second kappa shape index (κ2) is 6.22. The summed E-state index contributed by atoms with van der Waals surface area (Å²) in [6.07, 6.45) is 0.405. The van der Waals surface area contributed by atoms with Crippen molar-refractivity contribution in [1.29, 1.82) is 0 Å². The fraction of sp³-hybridized carbons (Fsp3) is 0.533. The van der Waals surface area contributed by atoms with Crippen molar-refractivity contribution in [2.24, 2.45) is 0 Å². The first-order valence-electron chi connectivity index (χ1n) is 7.02. The van der Waals surface area contributed by atoms with Crippen LogP contribution in [0.25, 0.3) is 0 Å². The molecule has 6 heteroatoms. The number of morpholine rings is 1. The van der Waals surface area contributed by atoms with Crippen molar-refractivity contribution in [2.45, 2.75) is 38.9 Å². The van der Waals surface area contributed by atoms with E-state index in [2.05, 4.69) is 18.8 Å². The van der Waals surface area contributed by atoms with Crippen LogP contribution < -0.4 is 0 Å². The number of amides is 1. The third kappa shape index (κ3) is 3.58. The summed E-state index contributed by atoms with van der Waals surface area (Å²) in [4.78, 5) is 29.1. The van der Waals surface area contributed by atoms with Crippen LogP contribution >= 0.6 is 0 Å². The molecule has 0 spiro atoms. The van der Waals surface area contributed by atoms with E-state index in [4.69, 9.17) is 9.84 Å². The van der Waals surface area contributed by atoms with Crippen LogP contribution in [-0.4, -0.2) is 52.2 Å². The minimum atomic E-state index is -1.05. The number of carbonyl (C=O) groups excluding carboxylic acids is 1. The molecule has 0 saturated carbocycles. The quantitative estimate of drug-likeness (QED) is 0.913. The average molecular weight is 292 g/mol. The third-order valence-electron chi connectivity index (χ3n) is 3.50. The Labute approximate surface area is 123 Å². The molecule has 2 rings (SSSR count). The lowest BCUT2D eigenvalue weighted by atomic mass is 10.1. The number of ether oxygens (including phenoxy) is 1. The van der Waals surface area contributed by atoms with E-state index in [1.807, 2.05) is 6.07 Å². The van der Waals surface area contributed by atoms with E-state index in [1.165, 1.54) is 4.90 Å². The first kappa shape index (κ1) is 15.4. The zero-order valence-electron chi connectivity index (χ0n) is 12.4. The number of hydrogen-bond donors (Lipinski definition) is 1. The number of carboxylic acids is 1. The lowest BCUT2D eigenvalue weighted by molar-refractivity contribution is -0.160. The number of hydrogen-bond acceptors (Lipinski definition) is 4. The van der Waals surface area contributed by atoms with Gasteiger partial charge in [-0.15, -0.1) is 0 Å². The molecular formula is C15H20N2O4. The van der Waals surface area contributed by atoms with Gasteiger partial charge in [-0.05, 0) is 24.5 Å². The smallest absolute Gasteiger partial charge is 0.334 e. The molecule has 1 N–H and O–H groups in total. The Kier molecular flexibility index (Phi) is 4.57. The van der Waals surface area contributed by atoms with Crippen LogP contribution in [0.5, 0.6) is 0 Å². The van der Waals surface area contributed by atoms with E-state index < -0.39 is 12.1 Å². The van der Waals surface area contributed by atoms with Gasteiger partial charge in [0.05, 0.1) is 12.6 Å². The summed E-state index contributed by atoms with van der Waals surface area (Å²) < 4.78 is 5.30. The molecule has 1 aromatic heterocycles. The number of aromatic nitrogens is 1. The topological polar surface area (TPSA) is 79.7 Å². The Morgan fingerprint density at radius 3 is 2.62 bits per heavy atom. The molecule has 2 heterocycles. The summed E-state index contributed by atoms with van der Waals surface area (Å²) in [5.41, 5.74) is 1.39. The van der Waals surface area contributed by atoms with Gasteiger partial charge in [0, 0.05) is 12.7 Å². The van der Waals surface area contributed by atoms with Gasteiger partial charge in [0.2, 0.25) is 0 Å². The number of nitrogens with zero attached hydrogens (tertiary/aromatic N) is 2. The molecule has 114 valence electrons. The number of rotatable bonds is 3. The fourth-order valence-corrected chi connectivity index (χ4v) is 2.29. The van der Waals surface area contributed by atoms with Gasteiger partial charge in [-0.25, -0.2) is 4.79 Å². The summed E-state index contributed by atoms with van der Waals surface area (Å²) in [7, 11) is 0. The van der Waals surface area contributed by atoms with Crippen molar-refractivity contribution >= 4 is 11.9 Å². The van der Waals surface area contributed by atoms with Gasteiger partial charge in [0.15, 0.2) is 6.10 Å². The Morgan fingerprint density at radius 1 is 1.38 bits per heavy atom. The monoisotopic (exact) mass is 292 g/mol. The molecule has 1 saturated heterocycles. The molecule has 1 aliphatic heterocycles. The van der Waals surface area contributed by atoms with Gasteiger partial charge < -0.3 is 14.7 Å². The average Bonchev–Trinajstić information content (AvgIpc) is 2.45. The number of carbonyl (C=O) groups is 2. The standard InChI is InChI=1S/C15H20N2O4/c1-9(2)11-4-5-12(16-6-11)14(18)17-7-10(3)21-13(8-17)15(19)20/h4-6,9-10,13H,7-8H2,1-3H3,(H,19,20)/t10-,13-/m1/s1. The zero-order chi connectivity index (χ0) is 15.6. The maximum Gasteiger partial charge on any atom is 0.334 e. The van der Waals surface area contributed by atoms with E-state index in [0.717, 1.165) is 5.56 Å². The first-order chi connectivity index (χ1) is 9.88. The molecule has 0 unspecified atom stereocenters. The first-order valence-corrected chi connectivity index (χ1v) is 7.02. The number of pyridine rings is 1. The summed E-state index contributed by atoms with van der Waals surface area (Å²) in [6, 6.07) is 3.57. The van der Waals surface area contributed by atoms with Crippen LogP contribution in [0.15, 0.2) is 18.3 Å². The van der Waals surface area contributed by atoms with Crippen LogP contribution in [-0.2, 0) is 9.53 Å². The SMILES string of the molecule is CC(C)c1ccc(C(=O)N2C[C@@H](C)O[C@@H](C(=O)O)C2)nc1. The van der Waals surface area contributed by atoms with Crippen molar-refractivity contribution in [3.05, 3.63) is 29.6 Å². The van der Waals surface area contributed by atoms with E-state index in [1.54, 1.807) is 19.2 Å². The summed E-state index contributed by atoms with van der Waals surface area (Å²) in [5.74, 6) is -0.962. The van der Waals surface area contributed by atoms with Crippen molar-refractivity contribution in [1.82, 2.24) is 9.88 Å². The second-order valence-electron chi connectivity index (χ2n) is 5.62. The van der Waals surface area contributed by atoms with Crippen molar-refractivity contribution in [3.8, 4) is 0 Å². The number of carboxylic acid groups (broad SMARTS) is 1. The highest BCUT2D eigenvalue weighted by Gasteiger charge is 2.33. The molecule has 0 bridgehead atoms. The third-order valence-corrected chi connectivity index (χ3v) is 3.50. The molecule has 0 aromatic carbocycles. The maximum atomic E-state index is 12.4. The molecule has 2 atom stereocenters. The Bertz CT molecular complexity index is 527. The largest absolute Gasteiger partial charge is 0.479 e. The van der Waals surface area contributed by atoms with Gasteiger partial charge in [0.25, 0.3) is 5.91 Å². The lowest BCUT2D eigenvalue weighted by Gasteiger charge is -2.34. The summed E-state index contributed by atoms with van der Waals surface area (Å²) >= 11 is 0. The fourth-order valence-electron chi connectivity index (χ4n) is 2.29. The van der Waals surface area contributed by atoms with E-state index >= 15 is 0 Å². The summed E-state index contributed by atoms with van der Waals surface area (Å²) in [6.45, 7) is 6.28. The molecule has 21 heavy (non-hydrogen) atoms. The van der Waals surface area contributed by atoms with Gasteiger partial charge in [-0.2, -0.15) is 0 Å². The molecule has 1 aromatic rings. The molecule has 6 nitrogen and oxygen atoms in total. The van der Waals surface area contributed by atoms with Crippen LogP contribution in [0.2, 0.25) is 0 Å². The van der Waals surface area contributed by atoms with Gasteiger partial charge in [-0.3, -0.25) is 9.78 Å². The molecule has 0 radical (unpaired) electrons. The highest BCUT2D eigenvalue weighted by Crippen LogP contribution is 2.16. The highest BCUT2D eigenvalue weighted by molar-refractivity contribution is 5.92. The minimum absolute atomic E-state index is 0.0477. The molecule has 1 fully saturated rings. The van der Waals surface area contributed by atoms with Crippen molar-refractivity contribution < 1.29 is 19.4 Å². The Hall–Kier alpha value is -1.95. The van der Waals surface area contributed by atoms with Gasteiger partial charge in [0.1, 0.15) is 5.69 Å². The van der Waals surface area contributed by atoms with Crippen LogP contribution in [0, 0.1) is 0 Å². The van der Waals surface area contributed by atoms with Crippen LogP contribution in [0.1, 0.15) is 42.7 Å². The molecule has 1 amide bonds.